The zero-order valence-corrected chi connectivity index (χ0v) is 25.1. The van der Waals surface area contributed by atoms with Crippen molar-refractivity contribution in [2.75, 3.05) is 18.4 Å². The van der Waals surface area contributed by atoms with Crippen LogP contribution in [-0.4, -0.2) is 58.2 Å². The number of ether oxygens (including phenoxy) is 1. The van der Waals surface area contributed by atoms with Crippen LogP contribution >= 0.6 is 22.9 Å². The molecule has 0 bridgehead atoms. The first-order valence-electron chi connectivity index (χ1n) is 12.9. The molecule has 14 heteroatoms. The molecule has 4 heterocycles. The van der Waals surface area contributed by atoms with E-state index in [-0.39, 0.29) is 32.1 Å². The number of hydrogen-bond donors (Lipinski definition) is 3. The molecule has 5 rings (SSSR count). The van der Waals surface area contributed by atoms with Gasteiger partial charge in [-0.2, -0.15) is 5.10 Å². The highest BCUT2D eigenvalue weighted by atomic mass is 35.5. The summed E-state index contributed by atoms with van der Waals surface area (Å²) in [7, 11) is -3.68. The third-order valence-corrected chi connectivity index (χ3v) is 9.79. The molecule has 1 atom stereocenters. The van der Waals surface area contributed by atoms with Crippen molar-refractivity contribution >= 4 is 50.7 Å². The van der Waals surface area contributed by atoms with Crippen LogP contribution in [0.25, 0.3) is 10.7 Å². The lowest BCUT2D eigenvalue weighted by Crippen LogP contribution is -2.40. The predicted molar refractivity (Wildman–Crippen MR) is 164 cm³/mol. The van der Waals surface area contributed by atoms with Gasteiger partial charge < -0.3 is 15.0 Å². The normalized spacial score (nSPS) is 15.7. The molecule has 41 heavy (non-hydrogen) atoms. The lowest BCUT2D eigenvalue weighted by Gasteiger charge is -2.19. The summed E-state index contributed by atoms with van der Waals surface area (Å²) < 4.78 is 33.7. The zero-order valence-electron chi connectivity index (χ0n) is 22.7. The van der Waals surface area contributed by atoms with Crippen molar-refractivity contribution < 1.29 is 22.2 Å². The van der Waals surface area contributed by atoms with E-state index in [4.69, 9.17) is 16.3 Å². The maximum Gasteiger partial charge on any atom is 0.410 e. The molecule has 1 amide bonds. The first-order chi connectivity index (χ1) is 19.5. The number of carbonyl (C=O) groups excluding carboxylic acids is 1. The van der Waals surface area contributed by atoms with Gasteiger partial charge >= 0.3 is 6.09 Å². The summed E-state index contributed by atoms with van der Waals surface area (Å²) >= 11 is 7.43. The van der Waals surface area contributed by atoms with E-state index in [0.29, 0.717) is 35.4 Å². The monoisotopic (exact) mass is 621 g/mol. The van der Waals surface area contributed by atoms with Crippen molar-refractivity contribution in [3.05, 3.63) is 71.0 Å². The largest absolute Gasteiger partial charge is 0.445 e. The molecule has 1 saturated heterocycles. The molecule has 4 aromatic rings. The molecule has 0 aliphatic carbocycles. The fourth-order valence-electron chi connectivity index (χ4n) is 4.33. The molecule has 1 aromatic carbocycles. The fourth-order valence-corrected chi connectivity index (χ4v) is 7.14. The summed E-state index contributed by atoms with van der Waals surface area (Å²) in [6.45, 7) is 6.68. The maximum absolute atomic E-state index is 12.7. The van der Waals surface area contributed by atoms with Crippen LogP contribution in [0.5, 0.6) is 0 Å². The Hall–Kier alpha value is -3.52. The summed E-state index contributed by atoms with van der Waals surface area (Å²) in [5.74, 6) is 1.24. The van der Waals surface area contributed by atoms with Crippen molar-refractivity contribution in [3.8, 4) is 10.7 Å². The summed E-state index contributed by atoms with van der Waals surface area (Å²) in [6, 6.07) is 14.6. The van der Waals surface area contributed by atoms with Crippen LogP contribution in [0.3, 0.4) is 0 Å². The predicted octanol–water partition coefficient (Wildman–Crippen LogP) is 6.27. The van der Waals surface area contributed by atoms with Gasteiger partial charge in [0, 0.05) is 40.6 Å². The number of hydrogen-bond acceptors (Lipinski definition) is 9. The molecule has 1 aliphatic heterocycles. The number of amides is 1. The number of nitrogens with one attached hydrogen (secondary N) is 3. The number of nitrogens with zero attached hydrogens (tertiary/aromatic N) is 4. The third-order valence-electron chi connectivity index (χ3n) is 6.19. The van der Waals surface area contributed by atoms with Gasteiger partial charge in [0.2, 0.25) is 0 Å². The van der Waals surface area contributed by atoms with Gasteiger partial charge in [0.05, 0.1) is 11.1 Å². The number of halogens is 1. The van der Waals surface area contributed by atoms with Gasteiger partial charge in [-0.05, 0) is 44.9 Å². The number of sulfonamides is 1. The van der Waals surface area contributed by atoms with Gasteiger partial charge in [0.1, 0.15) is 15.8 Å². The highest BCUT2D eigenvalue weighted by molar-refractivity contribution is 7.91. The van der Waals surface area contributed by atoms with Crippen LogP contribution in [0.2, 0.25) is 5.02 Å². The molecule has 3 N–H and O–H groups in total. The minimum absolute atomic E-state index is 0. The van der Waals surface area contributed by atoms with Crippen LogP contribution in [0.1, 0.15) is 48.6 Å². The summed E-state index contributed by atoms with van der Waals surface area (Å²) in [5.41, 5.74) is 1.20. The van der Waals surface area contributed by atoms with E-state index in [0.717, 1.165) is 29.0 Å². The summed E-state index contributed by atoms with van der Waals surface area (Å²) in [4.78, 5) is 23.6. The van der Waals surface area contributed by atoms with Crippen molar-refractivity contribution in [1.29, 1.82) is 0 Å². The summed E-state index contributed by atoms with van der Waals surface area (Å²) in [5, 5.41) is 10.8. The van der Waals surface area contributed by atoms with Gasteiger partial charge in [-0.3, -0.25) is 5.10 Å². The fraction of sp³-hybridized carbons (Fsp3) is 0.333. The van der Waals surface area contributed by atoms with Gasteiger partial charge in [0.25, 0.3) is 10.0 Å². The smallest absolute Gasteiger partial charge is 0.410 e. The second-order valence-electron chi connectivity index (χ2n) is 10.7. The van der Waals surface area contributed by atoms with Gasteiger partial charge in [-0.1, -0.05) is 41.9 Å². The van der Waals surface area contributed by atoms with Crippen molar-refractivity contribution in [2.24, 2.45) is 0 Å². The van der Waals surface area contributed by atoms with Crippen LogP contribution in [0, 0.1) is 0 Å². The molecule has 11 nitrogen and oxygen atoms in total. The minimum atomic E-state index is -3.68. The van der Waals surface area contributed by atoms with Gasteiger partial charge in [-0.25, -0.2) is 27.9 Å². The SMILES string of the molecule is CC(C)(C)NS(=O)(=O)c1ccc(-c2ncc(Cl)c(Nc3cc(C4CCN(C(=O)OCc5ccccc5)C4)[nH]n3)n2)s1.[HH].[HH].[HH]. The number of carbonyl (C=O) groups is 1. The van der Waals surface area contributed by atoms with Crippen molar-refractivity contribution in [1.82, 2.24) is 29.8 Å². The Morgan fingerprint density at radius 2 is 2.02 bits per heavy atom. The topological polar surface area (TPSA) is 142 Å². The molecular formula is C27H36ClN7O4S2. The first kappa shape index (κ1) is 29.0. The summed E-state index contributed by atoms with van der Waals surface area (Å²) in [6.07, 6.45) is 1.89. The highest BCUT2D eigenvalue weighted by Crippen LogP contribution is 2.33. The van der Waals surface area contributed by atoms with E-state index in [1.165, 1.54) is 12.3 Å². The minimum Gasteiger partial charge on any atom is -0.445 e. The van der Waals surface area contributed by atoms with E-state index in [1.807, 2.05) is 36.4 Å². The molecule has 0 radical (unpaired) electrons. The van der Waals surface area contributed by atoms with Crippen LogP contribution in [-0.2, 0) is 21.4 Å². The average Bonchev–Trinajstić information content (AvgIpc) is 3.69. The van der Waals surface area contributed by atoms with E-state index in [2.05, 4.69) is 30.2 Å². The molecule has 0 saturated carbocycles. The molecule has 1 unspecified atom stereocenters. The van der Waals surface area contributed by atoms with Crippen LogP contribution < -0.4 is 10.0 Å². The first-order valence-corrected chi connectivity index (χ1v) is 15.6. The Morgan fingerprint density at radius 3 is 2.78 bits per heavy atom. The molecule has 222 valence electrons. The average molecular weight is 622 g/mol. The Morgan fingerprint density at radius 1 is 1.24 bits per heavy atom. The van der Waals surface area contributed by atoms with Crippen LogP contribution in [0.4, 0.5) is 16.4 Å². The quantitative estimate of drug-likeness (QED) is 0.209. The van der Waals surface area contributed by atoms with E-state index < -0.39 is 15.6 Å². The lowest BCUT2D eigenvalue weighted by atomic mass is 10.1. The number of benzene rings is 1. The molecule has 1 fully saturated rings. The molecular weight excluding hydrogens is 586 g/mol. The number of aromatic amines is 1. The van der Waals surface area contributed by atoms with Crippen molar-refractivity contribution in [2.45, 2.75) is 49.5 Å². The number of rotatable bonds is 8. The third kappa shape index (κ3) is 7.22. The highest BCUT2D eigenvalue weighted by Gasteiger charge is 2.30. The lowest BCUT2D eigenvalue weighted by molar-refractivity contribution is 0.104. The number of likely N-dealkylation sites (tertiary alicyclic amines) is 1. The van der Waals surface area contributed by atoms with Gasteiger partial charge in [-0.15, -0.1) is 11.3 Å². The zero-order chi connectivity index (χ0) is 29.2. The van der Waals surface area contributed by atoms with Crippen LogP contribution in [0.15, 0.2) is 58.9 Å². The molecule has 0 spiro atoms. The number of anilines is 2. The molecule has 1 aliphatic rings. The Kier molecular flexibility index (Phi) is 8.32. The number of aromatic nitrogens is 4. The maximum atomic E-state index is 12.7. The second kappa shape index (κ2) is 11.8. The standard InChI is InChI=1S/C27H30ClN7O4S2.3H2/c1-27(2,3)34-41(37,38)23-10-9-21(40-23)25-29-14-19(28)24(31-25)30-22-13-20(32-33-22)18-11-12-35(15-18)26(36)39-16-17-7-5-4-6-8-17;;;/h4-10,13-14,18,34H,11-12,15-16H2,1-3H3,(H2,29,30,31,32,33);3*1H. The Bertz CT molecular complexity index is 1650. The number of H-pyrrole nitrogens is 1. The molecule has 3 aromatic heterocycles. The van der Waals surface area contributed by atoms with Gasteiger partial charge in [0.15, 0.2) is 17.5 Å². The van der Waals surface area contributed by atoms with Crippen molar-refractivity contribution in [3.63, 3.8) is 0 Å². The van der Waals surface area contributed by atoms with E-state index in [9.17, 15) is 13.2 Å². The van der Waals surface area contributed by atoms with E-state index >= 15 is 0 Å². The Labute approximate surface area is 251 Å². The Balaban J connectivity index is 0.00000225. The second-order valence-corrected chi connectivity index (χ2v) is 14.1. The number of thiophene rings is 1. The van der Waals surface area contributed by atoms with E-state index in [1.54, 1.807) is 31.7 Å².